The van der Waals surface area contributed by atoms with Crippen LogP contribution >= 0.6 is 0 Å². The molecule has 1 aromatic carbocycles. The van der Waals surface area contributed by atoms with Gasteiger partial charge in [-0.25, -0.2) is 4.68 Å². The fourth-order valence-electron chi connectivity index (χ4n) is 2.43. The van der Waals surface area contributed by atoms with Gasteiger partial charge in [0.05, 0.1) is 37.8 Å². The van der Waals surface area contributed by atoms with E-state index in [1.54, 1.807) is 28.9 Å². The van der Waals surface area contributed by atoms with Gasteiger partial charge in [0, 0.05) is 18.3 Å². The highest BCUT2D eigenvalue weighted by atomic mass is 16.5. The molecular weight excluding hydrogens is 334 g/mol. The molecule has 9 heteroatoms. The van der Waals surface area contributed by atoms with Crippen LogP contribution in [-0.4, -0.2) is 44.3 Å². The van der Waals surface area contributed by atoms with Gasteiger partial charge in [-0.05, 0) is 31.2 Å². The van der Waals surface area contributed by atoms with E-state index >= 15 is 0 Å². The van der Waals surface area contributed by atoms with Gasteiger partial charge in [-0.1, -0.05) is 5.21 Å². The molecule has 136 valence electrons. The van der Waals surface area contributed by atoms with Crippen molar-refractivity contribution in [1.29, 1.82) is 0 Å². The summed E-state index contributed by atoms with van der Waals surface area (Å²) in [5.41, 5.74) is 7.50. The predicted octanol–water partition coefficient (Wildman–Crippen LogP) is 0.922. The van der Waals surface area contributed by atoms with Crippen molar-refractivity contribution in [2.45, 2.75) is 19.5 Å². The summed E-state index contributed by atoms with van der Waals surface area (Å²) in [6.07, 6.45) is 5.17. The molecular formula is C17H21N7O2. The summed E-state index contributed by atoms with van der Waals surface area (Å²) in [4.78, 5) is 12.3. The maximum Gasteiger partial charge on any atom is 0.273 e. The molecule has 0 saturated heterocycles. The van der Waals surface area contributed by atoms with Crippen molar-refractivity contribution in [2.24, 2.45) is 5.73 Å². The Bertz CT molecular complexity index is 869. The van der Waals surface area contributed by atoms with E-state index in [1.807, 2.05) is 37.4 Å². The van der Waals surface area contributed by atoms with E-state index in [9.17, 15) is 4.79 Å². The molecule has 1 unspecified atom stereocenters. The first-order valence-electron chi connectivity index (χ1n) is 8.20. The quantitative estimate of drug-likeness (QED) is 0.652. The van der Waals surface area contributed by atoms with Crippen LogP contribution in [0.1, 0.15) is 29.0 Å². The molecule has 0 fully saturated rings. The number of carbonyl (C=O) groups excluding carboxylic acids is 1. The van der Waals surface area contributed by atoms with Gasteiger partial charge in [-0.15, -0.1) is 5.10 Å². The van der Waals surface area contributed by atoms with Crippen molar-refractivity contribution in [1.82, 2.24) is 30.1 Å². The number of aromatic nitrogens is 5. The maximum absolute atomic E-state index is 12.3. The summed E-state index contributed by atoms with van der Waals surface area (Å²) in [6.45, 7) is 2.84. The van der Waals surface area contributed by atoms with E-state index in [4.69, 9.17) is 10.5 Å². The second-order valence-electron chi connectivity index (χ2n) is 5.77. The van der Waals surface area contributed by atoms with E-state index in [1.165, 1.54) is 0 Å². The number of hydrogen-bond acceptors (Lipinski definition) is 6. The fourth-order valence-corrected chi connectivity index (χ4v) is 2.43. The molecule has 0 bridgehead atoms. The first-order valence-corrected chi connectivity index (χ1v) is 8.20. The SMILES string of the molecule is COc1ccc(-n2cc(C(C)NC(=O)c3cn(CCN)nn3)cn2)cc1. The zero-order valence-corrected chi connectivity index (χ0v) is 14.7. The van der Waals surface area contributed by atoms with Crippen LogP contribution in [-0.2, 0) is 6.54 Å². The first kappa shape index (κ1) is 17.6. The summed E-state index contributed by atoms with van der Waals surface area (Å²) in [5.74, 6) is 0.488. The molecule has 3 N–H and O–H groups in total. The van der Waals surface area contributed by atoms with Crippen LogP contribution in [0, 0.1) is 0 Å². The molecule has 1 amide bonds. The molecule has 3 aromatic rings. The number of nitrogens with zero attached hydrogens (tertiary/aromatic N) is 5. The molecule has 3 rings (SSSR count). The van der Waals surface area contributed by atoms with Gasteiger partial charge < -0.3 is 15.8 Å². The van der Waals surface area contributed by atoms with Gasteiger partial charge >= 0.3 is 0 Å². The van der Waals surface area contributed by atoms with Crippen LogP contribution in [0.25, 0.3) is 5.69 Å². The Hall–Kier alpha value is -3.20. The molecule has 0 spiro atoms. The van der Waals surface area contributed by atoms with E-state index in [-0.39, 0.29) is 17.6 Å². The van der Waals surface area contributed by atoms with E-state index in [0.717, 1.165) is 17.0 Å². The van der Waals surface area contributed by atoms with Crippen molar-refractivity contribution in [3.8, 4) is 11.4 Å². The topological polar surface area (TPSA) is 113 Å². The number of ether oxygens (including phenoxy) is 1. The van der Waals surface area contributed by atoms with Crippen molar-refractivity contribution in [2.75, 3.05) is 13.7 Å². The summed E-state index contributed by atoms with van der Waals surface area (Å²) in [6, 6.07) is 7.33. The second-order valence-corrected chi connectivity index (χ2v) is 5.77. The summed E-state index contributed by atoms with van der Waals surface area (Å²) in [7, 11) is 1.62. The molecule has 0 radical (unpaired) electrons. The van der Waals surface area contributed by atoms with Crippen molar-refractivity contribution in [3.05, 3.63) is 54.1 Å². The molecule has 0 saturated carbocycles. The van der Waals surface area contributed by atoms with Crippen molar-refractivity contribution in [3.63, 3.8) is 0 Å². The van der Waals surface area contributed by atoms with E-state index < -0.39 is 0 Å². The Labute approximate surface area is 150 Å². The van der Waals surface area contributed by atoms with Crippen LogP contribution in [0.2, 0.25) is 0 Å². The first-order chi connectivity index (χ1) is 12.6. The summed E-state index contributed by atoms with van der Waals surface area (Å²) < 4.78 is 8.44. The van der Waals surface area contributed by atoms with Gasteiger partial charge in [0.1, 0.15) is 5.75 Å². The number of hydrogen-bond donors (Lipinski definition) is 2. The number of amides is 1. The molecule has 1 atom stereocenters. The van der Waals surface area contributed by atoms with Crippen molar-refractivity contribution >= 4 is 5.91 Å². The zero-order chi connectivity index (χ0) is 18.5. The zero-order valence-electron chi connectivity index (χ0n) is 14.7. The normalized spacial score (nSPS) is 12.0. The minimum Gasteiger partial charge on any atom is -0.497 e. The summed E-state index contributed by atoms with van der Waals surface area (Å²) in [5, 5.41) is 15.0. The van der Waals surface area contributed by atoms with Gasteiger partial charge in [0.25, 0.3) is 5.91 Å². The largest absolute Gasteiger partial charge is 0.497 e. The van der Waals surface area contributed by atoms with Gasteiger partial charge in [-0.3, -0.25) is 9.48 Å². The third kappa shape index (κ3) is 3.89. The monoisotopic (exact) mass is 355 g/mol. The molecule has 2 heterocycles. The highest BCUT2D eigenvalue weighted by Crippen LogP contribution is 2.17. The van der Waals surface area contributed by atoms with Gasteiger partial charge in [0.2, 0.25) is 0 Å². The number of carbonyl (C=O) groups is 1. The number of benzene rings is 1. The fraction of sp³-hybridized carbons (Fsp3) is 0.294. The number of nitrogens with two attached hydrogens (primary N) is 1. The maximum atomic E-state index is 12.3. The average Bonchev–Trinajstić information content (AvgIpc) is 3.32. The standard InChI is InChI=1S/C17H21N7O2/c1-12(20-17(25)16-11-23(8-7-18)22-21-16)13-9-19-24(10-13)14-3-5-15(26-2)6-4-14/h3-6,9-12H,7-8,18H2,1-2H3,(H,20,25). The lowest BCUT2D eigenvalue weighted by atomic mass is 10.2. The predicted molar refractivity (Wildman–Crippen MR) is 95.1 cm³/mol. The molecule has 26 heavy (non-hydrogen) atoms. The lowest BCUT2D eigenvalue weighted by Gasteiger charge is -2.10. The summed E-state index contributed by atoms with van der Waals surface area (Å²) >= 11 is 0. The highest BCUT2D eigenvalue weighted by Gasteiger charge is 2.16. The molecule has 0 aliphatic rings. The lowest BCUT2D eigenvalue weighted by Crippen LogP contribution is -2.26. The van der Waals surface area contributed by atoms with Crippen molar-refractivity contribution < 1.29 is 9.53 Å². The van der Waals surface area contributed by atoms with Crippen LogP contribution in [0.15, 0.2) is 42.9 Å². The lowest BCUT2D eigenvalue weighted by molar-refractivity contribution is 0.0934. The Morgan fingerprint density at radius 2 is 2.08 bits per heavy atom. The average molecular weight is 355 g/mol. The van der Waals surface area contributed by atoms with Crippen LogP contribution in [0.5, 0.6) is 5.75 Å². The second kappa shape index (κ2) is 7.79. The van der Waals surface area contributed by atoms with Crippen LogP contribution in [0.3, 0.4) is 0 Å². The minimum atomic E-state index is -0.294. The number of rotatable bonds is 7. The molecule has 0 aliphatic heterocycles. The van der Waals surface area contributed by atoms with E-state index in [0.29, 0.717) is 13.1 Å². The van der Waals surface area contributed by atoms with Crippen LogP contribution < -0.4 is 15.8 Å². The molecule has 2 aromatic heterocycles. The Balaban J connectivity index is 1.66. The smallest absolute Gasteiger partial charge is 0.273 e. The Kier molecular flexibility index (Phi) is 5.28. The number of nitrogens with one attached hydrogen (secondary N) is 1. The molecule has 9 nitrogen and oxygen atoms in total. The Morgan fingerprint density at radius 3 is 2.77 bits per heavy atom. The highest BCUT2D eigenvalue weighted by molar-refractivity contribution is 5.92. The third-order valence-electron chi connectivity index (χ3n) is 3.92. The van der Waals surface area contributed by atoms with Gasteiger partial charge in [-0.2, -0.15) is 5.10 Å². The Morgan fingerprint density at radius 1 is 1.31 bits per heavy atom. The van der Waals surface area contributed by atoms with Gasteiger partial charge in [0.15, 0.2) is 5.69 Å². The number of methoxy groups -OCH3 is 1. The molecule has 0 aliphatic carbocycles. The van der Waals surface area contributed by atoms with E-state index in [2.05, 4.69) is 20.7 Å². The third-order valence-corrected chi connectivity index (χ3v) is 3.92. The minimum absolute atomic E-state index is 0.228. The van der Waals surface area contributed by atoms with Crippen LogP contribution in [0.4, 0.5) is 0 Å².